The van der Waals surface area contributed by atoms with Gasteiger partial charge in [0.15, 0.2) is 0 Å². The first kappa shape index (κ1) is 14.6. The summed E-state index contributed by atoms with van der Waals surface area (Å²) in [5, 5.41) is 2.90. The number of nitrogens with one attached hydrogen (secondary N) is 1. The van der Waals surface area contributed by atoms with Crippen molar-refractivity contribution >= 4 is 21.8 Å². The Hall–Kier alpha value is -1.81. The molecule has 0 heterocycles. The molecule has 0 saturated carbocycles. The zero-order valence-electron chi connectivity index (χ0n) is 11.2. The number of benzene rings is 2. The Labute approximate surface area is 127 Å². The zero-order chi connectivity index (χ0) is 14.4. The summed E-state index contributed by atoms with van der Waals surface area (Å²) in [6.07, 6.45) is 0. The highest BCUT2D eigenvalue weighted by atomic mass is 79.9. The number of ether oxygens (including phenoxy) is 1. The molecule has 0 radical (unpaired) electrons. The van der Waals surface area contributed by atoms with Crippen LogP contribution in [0.25, 0.3) is 0 Å². The molecule has 2 rings (SSSR count). The van der Waals surface area contributed by atoms with Crippen LogP contribution >= 0.6 is 15.9 Å². The fourth-order valence-corrected chi connectivity index (χ4v) is 2.21. The van der Waals surface area contributed by atoms with Gasteiger partial charge in [0.1, 0.15) is 5.75 Å². The fourth-order valence-electron chi connectivity index (χ4n) is 1.79. The van der Waals surface area contributed by atoms with Gasteiger partial charge >= 0.3 is 0 Å². The summed E-state index contributed by atoms with van der Waals surface area (Å²) in [6.45, 7) is 3.04. The monoisotopic (exact) mass is 333 g/mol. The van der Waals surface area contributed by atoms with Crippen molar-refractivity contribution < 1.29 is 9.53 Å². The van der Waals surface area contributed by atoms with Crippen LogP contribution in [-0.4, -0.2) is 12.5 Å². The summed E-state index contributed by atoms with van der Waals surface area (Å²) in [5.74, 6) is 0.679. The van der Waals surface area contributed by atoms with Gasteiger partial charge in [-0.25, -0.2) is 0 Å². The Morgan fingerprint density at radius 1 is 1.15 bits per heavy atom. The van der Waals surface area contributed by atoms with E-state index in [0.717, 1.165) is 15.8 Å². The van der Waals surface area contributed by atoms with Crippen LogP contribution in [0.4, 0.5) is 0 Å². The number of amides is 1. The molecule has 0 bridgehead atoms. The van der Waals surface area contributed by atoms with Gasteiger partial charge in [0, 0.05) is 16.6 Å². The minimum absolute atomic E-state index is 0.0937. The lowest BCUT2D eigenvalue weighted by Crippen LogP contribution is -2.22. The molecule has 0 aromatic heterocycles. The Balaban J connectivity index is 1.96. The van der Waals surface area contributed by atoms with Gasteiger partial charge in [-0.2, -0.15) is 0 Å². The lowest BCUT2D eigenvalue weighted by atomic mass is 10.2. The number of carbonyl (C=O) groups is 1. The van der Waals surface area contributed by atoms with E-state index >= 15 is 0 Å². The number of halogens is 1. The van der Waals surface area contributed by atoms with Crippen LogP contribution in [0.2, 0.25) is 0 Å². The number of carbonyl (C=O) groups excluding carboxylic acids is 1. The molecule has 104 valence electrons. The SMILES string of the molecule is CCOc1ccc(C(=O)NCc2ccccc2Br)cc1. The van der Waals surface area contributed by atoms with E-state index < -0.39 is 0 Å². The van der Waals surface area contributed by atoms with E-state index in [1.165, 1.54) is 0 Å². The van der Waals surface area contributed by atoms with Crippen molar-refractivity contribution in [2.45, 2.75) is 13.5 Å². The van der Waals surface area contributed by atoms with Gasteiger partial charge in [-0.15, -0.1) is 0 Å². The van der Waals surface area contributed by atoms with Gasteiger partial charge in [-0.05, 0) is 42.8 Å². The lowest BCUT2D eigenvalue weighted by Gasteiger charge is -2.08. The molecule has 0 atom stereocenters. The third-order valence-electron chi connectivity index (χ3n) is 2.82. The highest BCUT2D eigenvalue weighted by Gasteiger charge is 2.06. The molecule has 0 unspecified atom stereocenters. The summed E-state index contributed by atoms with van der Waals surface area (Å²) in [5.41, 5.74) is 1.67. The zero-order valence-corrected chi connectivity index (χ0v) is 12.8. The Bertz CT molecular complexity index is 581. The predicted octanol–water partition coefficient (Wildman–Crippen LogP) is 3.78. The molecular weight excluding hydrogens is 318 g/mol. The average Bonchev–Trinajstić information content (AvgIpc) is 2.47. The standard InChI is InChI=1S/C16H16BrNO2/c1-2-20-14-9-7-12(8-10-14)16(19)18-11-13-5-3-4-6-15(13)17/h3-10H,2,11H2,1H3,(H,18,19). The van der Waals surface area contributed by atoms with Crippen molar-refractivity contribution in [3.05, 3.63) is 64.1 Å². The Morgan fingerprint density at radius 2 is 1.85 bits per heavy atom. The Morgan fingerprint density at radius 3 is 2.50 bits per heavy atom. The molecule has 0 fully saturated rings. The van der Waals surface area contributed by atoms with Crippen molar-refractivity contribution in [1.29, 1.82) is 0 Å². The smallest absolute Gasteiger partial charge is 0.251 e. The lowest BCUT2D eigenvalue weighted by molar-refractivity contribution is 0.0951. The molecule has 0 spiro atoms. The quantitative estimate of drug-likeness (QED) is 0.904. The molecule has 4 heteroatoms. The van der Waals surface area contributed by atoms with E-state index in [2.05, 4.69) is 21.2 Å². The third kappa shape index (κ3) is 3.84. The van der Waals surface area contributed by atoms with E-state index in [1.54, 1.807) is 24.3 Å². The van der Waals surface area contributed by atoms with Crippen LogP contribution in [-0.2, 0) is 6.54 Å². The maximum Gasteiger partial charge on any atom is 0.251 e. The van der Waals surface area contributed by atoms with Gasteiger partial charge in [0.2, 0.25) is 0 Å². The second-order valence-corrected chi connectivity index (χ2v) is 5.09. The van der Waals surface area contributed by atoms with Gasteiger partial charge in [0.25, 0.3) is 5.91 Å². The van der Waals surface area contributed by atoms with Gasteiger partial charge in [0.05, 0.1) is 6.61 Å². The normalized spacial score (nSPS) is 10.1. The van der Waals surface area contributed by atoms with E-state index in [9.17, 15) is 4.79 Å². The Kier molecular flexibility index (Phi) is 5.18. The van der Waals surface area contributed by atoms with Crippen LogP contribution in [0.5, 0.6) is 5.75 Å². The summed E-state index contributed by atoms with van der Waals surface area (Å²) < 4.78 is 6.34. The van der Waals surface area contributed by atoms with E-state index in [-0.39, 0.29) is 5.91 Å². The van der Waals surface area contributed by atoms with E-state index in [4.69, 9.17) is 4.74 Å². The maximum absolute atomic E-state index is 12.0. The van der Waals surface area contributed by atoms with Gasteiger partial charge < -0.3 is 10.1 Å². The minimum atomic E-state index is -0.0937. The molecule has 20 heavy (non-hydrogen) atoms. The van der Waals surface area contributed by atoms with Crippen LogP contribution in [0.3, 0.4) is 0 Å². The molecule has 0 aliphatic carbocycles. The molecule has 2 aromatic carbocycles. The van der Waals surface area contributed by atoms with Crippen molar-refractivity contribution in [3.8, 4) is 5.75 Å². The van der Waals surface area contributed by atoms with Gasteiger partial charge in [-0.1, -0.05) is 34.1 Å². The van der Waals surface area contributed by atoms with Crippen LogP contribution in [0.1, 0.15) is 22.8 Å². The molecule has 1 N–H and O–H groups in total. The average molecular weight is 334 g/mol. The molecule has 2 aromatic rings. The second-order valence-electron chi connectivity index (χ2n) is 4.23. The van der Waals surface area contributed by atoms with Crippen LogP contribution in [0.15, 0.2) is 53.0 Å². The summed E-state index contributed by atoms with van der Waals surface area (Å²) in [7, 11) is 0. The molecule has 1 amide bonds. The number of rotatable bonds is 5. The first-order valence-corrected chi connectivity index (χ1v) is 7.24. The molecule has 0 aliphatic heterocycles. The predicted molar refractivity (Wildman–Crippen MR) is 82.9 cm³/mol. The van der Waals surface area contributed by atoms with Crippen LogP contribution < -0.4 is 10.1 Å². The first-order valence-electron chi connectivity index (χ1n) is 6.45. The van der Waals surface area contributed by atoms with Crippen molar-refractivity contribution in [1.82, 2.24) is 5.32 Å². The van der Waals surface area contributed by atoms with E-state index in [1.807, 2.05) is 31.2 Å². The third-order valence-corrected chi connectivity index (χ3v) is 3.60. The number of hydrogen-bond acceptors (Lipinski definition) is 2. The molecule has 0 saturated heterocycles. The van der Waals surface area contributed by atoms with Crippen molar-refractivity contribution in [2.75, 3.05) is 6.61 Å². The molecule has 3 nitrogen and oxygen atoms in total. The van der Waals surface area contributed by atoms with Crippen molar-refractivity contribution in [2.24, 2.45) is 0 Å². The first-order chi connectivity index (χ1) is 9.70. The largest absolute Gasteiger partial charge is 0.494 e. The fraction of sp³-hybridized carbons (Fsp3) is 0.188. The summed E-state index contributed by atoms with van der Waals surface area (Å²) >= 11 is 3.46. The topological polar surface area (TPSA) is 38.3 Å². The number of hydrogen-bond donors (Lipinski definition) is 1. The van der Waals surface area contributed by atoms with Crippen LogP contribution in [0, 0.1) is 0 Å². The molecular formula is C16H16BrNO2. The minimum Gasteiger partial charge on any atom is -0.494 e. The maximum atomic E-state index is 12.0. The second kappa shape index (κ2) is 7.10. The molecule has 0 aliphatic rings. The van der Waals surface area contributed by atoms with Gasteiger partial charge in [-0.3, -0.25) is 4.79 Å². The van der Waals surface area contributed by atoms with Crippen molar-refractivity contribution in [3.63, 3.8) is 0 Å². The highest BCUT2D eigenvalue weighted by molar-refractivity contribution is 9.10. The highest BCUT2D eigenvalue weighted by Crippen LogP contribution is 2.16. The summed E-state index contributed by atoms with van der Waals surface area (Å²) in [4.78, 5) is 12.0. The summed E-state index contributed by atoms with van der Waals surface area (Å²) in [6, 6.07) is 15.0. The van der Waals surface area contributed by atoms with E-state index in [0.29, 0.717) is 18.7 Å².